The van der Waals surface area contributed by atoms with E-state index in [9.17, 15) is 14.4 Å². The van der Waals surface area contributed by atoms with Gasteiger partial charge in [0, 0.05) is 13.0 Å². The molecule has 8 heteroatoms. The first-order valence-corrected chi connectivity index (χ1v) is 10.9. The number of carbonyl (C=O) groups excluding carboxylic acids is 3. The smallest absolute Gasteiger partial charge is 0.340 e. The molecule has 2 amide bonds. The highest BCUT2D eigenvalue weighted by Gasteiger charge is 2.37. The third-order valence-electron chi connectivity index (χ3n) is 4.54. The Labute approximate surface area is 185 Å². The van der Waals surface area contributed by atoms with Crippen molar-refractivity contribution in [3.63, 3.8) is 0 Å². The van der Waals surface area contributed by atoms with Crippen molar-refractivity contribution in [2.45, 2.75) is 25.0 Å². The van der Waals surface area contributed by atoms with Crippen molar-refractivity contribution >= 4 is 51.8 Å². The molecule has 1 atom stereocenters. The lowest BCUT2D eigenvalue weighted by atomic mass is 10.1. The predicted molar refractivity (Wildman–Crippen MR) is 121 cm³/mol. The lowest BCUT2D eigenvalue weighted by molar-refractivity contribution is -0.128. The second-order valence-electron chi connectivity index (χ2n) is 6.62. The Morgan fingerprint density at radius 2 is 1.83 bits per heavy atom. The Morgan fingerprint density at radius 3 is 2.57 bits per heavy atom. The van der Waals surface area contributed by atoms with Crippen LogP contribution in [0.25, 0.3) is 0 Å². The summed E-state index contributed by atoms with van der Waals surface area (Å²) in [7, 11) is 0. The van der Waals surface area contributed by atoms with Gasteiger partial charge in [-0.2, -0.15) is 0 Å². The van der Waals surface area contributed by atoms with E-state index < -0.39 is 11.2 Å². The minimum absolute atomic E-state index is 0.0252. The number of thiocarbonyl (C=S) groups is 1. The summed E-state index contributed by atoms with van der Waals surface area (Å²) in [4.78, 5) is 38.9. The largest absolute Gasteiger partial charge is 0.462 e. The van der Waals surface area contributed by atoms with Crippen LogP contribution in [0.4, 0.5) is 5.69 Å². The number of hydrogen-bond donors (Lipinski definition) is 1. The van der Waals surface area contributed by atoms with E-state index in [0.29, 0.717) is 23.0 Å². The van der Waals surface area contributed by atoms with Gasteiger partial charge in [0.05, 0.1) is 23.1 Å². The standard InChI is InChI=1S/C22H22N2O4S2/c1-2-28-21(27)16-10-6-7-11-17(16)23-19(25)14-18-20(26)24(22(29)30-18)13-12-15-8-4-3-5-9-15/h3-11,18H,2,12-14H2,1H3,(H,23,25)/t18-/m0/s1. The highest BCUT2D eigenvalue weighted by Crippen LogP contribution is 2.30. The molecule has 0 unspecified atom stereocenters. The van der Waals surface area contributed by atoms with Crippen LogP contribution in [0.5, 0.6) is 0 Å². The maximum atomic E-state index is 12.7. The Kier molecular flexibility index (Phi) is 7.59. The fourth-order valence-electron chi connectivity index (χ4n) is 3.06. The molecule has 0 aromatic heterocycles. The quantitative estimate of drug-likeness (QED) is 0.497. The SMILES string of the molecule is CCOC(=O)c1ccccc1NC(=O)C[C@@H]1SC(=S)N(CCc2ccccc2)C1=O. The first-order valence-electron chi connectivity index (χ1n) is 9.61. The van der Waals surface area contributed by atoms with Crippen molar-refractivity contribution in [3.05, 3.63) is 65.7 Å². The Bertz CT molecular complexity index is 949. The van der Waals surface area contributed by atoms with Crippen molar-refractivity contribution in [2.75, 3.05) is 18.5 Å². The zero-order valence-corrected chi connectivity index (χ0v) is 18.1. The monoisotopic (exact) mass is 442 g/mol. The van der Waals surface area contributed by atoms with Crippen LogP contribution >= 0.6 is 24.0 Å². The zero-order valence-electron chi connectivity index (χ0n) is 16.5. The van der Waals surface area contributed by atoms with E-state index in [-0.39, 0.29) is 30.4 Å². The number of anilines is 1. The molecule has 156 valence electrons. The number of carbonyl (C=O) groups is 3. The molecule has 1 N–H and O–H groups in total. The van der Waals surface area contributed by atoms with Gasteiger partial charge in [-0.3, -0.25) is 14.5 Å². The molecule has 1 saturated heterocycles. The number of thioether (sulfide) groups is 1. The average molecular weight is 443 g/mol. The summed E-state index contributed by atoms with van der Waals surface area (Å²) in [6.07, 6.45) is 0.668. The number of benzene rings is 2. The van der Waals surface area contributed by atoms with E-state index in [4.69, 9.17) is 17.0 Å². The molecule has 0 saturated carbocycles. The van der Waals surface area contributed by atoms with E-state index >= 15 is 0 Å². The van der Waals surface area contributed by atoms with Crippen molar-refractivity contribution in [1.82, 2.24) is 4.90 Å². The van der Waals surface area contributed by atoms with Crippen LogP contribution in [-0.2, 0) is 20.7 Å². The molecule has 30 heavy (non-hydrogen) atoms. The second kappa shape index (κ2) is 10.4. The number of nitrogens with one attached hydrogen (secondary N) is 1. The zero-order chi connectivity index (χ0) is 21.5. The molecule has 0 radical (unpaired) electrons. The molecule has 2 aromatic carbocycles. The molecule has 6 nitrogen and oxygen atoms in total. The lowest BCUT2D eigenvalue weighted by Crippen LogP contribution is -2.34. The van der Waals surface area contributed by atoms with E-state index in [1.165, 1.54) is 11.8 Å². The Balaban J connectivity index is 1.59. The number of ether oxygens (including phenoxy) is 1. The number of esters is 1. The number of nitrogens with zero attached hydrogens (tertiary/aromatic N) is 1. The number of rotatable bonds is 8. The highest BCUT2D eigenvalue weighted by atomic mass is 32.2. The molecule has 1 heterocycles. The fourth-order valence-corrected chi connectivity index (χ4v) is 4.61. The number of hydrogen-bond acceptors (Lipinski definition) is 6. The van der Waals surface area contributed by atoms with Crippen LogP contribution in [0.3, 0.4) is 0 Å². The predicted octanol–water partition coefficient (Wildman–Crippen LogP) is 3.66. The van der Waals surface area contributed by atoms with Crippen molar-refractivity contribution < 1.29 is 19.1 Å². The van der Waals surface area contributed by atoms with Crippen LogP contribution < -0.4 is 5.32 Å². The fraction of sp³-hybridized carbons (Fsp3) is 0.273. The average Bonchev–Trinajstić information content (AvgIpc) is 3.00. The van der Waals surface area contributed by atoms with Gasteiger partial charge in [-0.15, -0.1) is 0 Å². The first kappa shape index (κ1) is 22.0. The van der Waals surface area contributed by atoms with Gasteiger partial charge in [0.2, 0.25) is 11.8 Å². The van der Waals surface area contributed by atoms with Crippen LogP contribution in [0.15, 0.2) is 54.6 Å². The molecule has 0 bridgehead atoms. The summed E-state index contributed by atoms with van der Waals surface area (Å²) in [6, 6.07) is 16.5. The second-order valence-corrected chi connectivity index (χ2v) is 8.45. The van der Waals surface area contributed by atoms with Crippen LogP contribution in [0.1, 0.15) is 29.3 Å². The highest BCUT2D eigenvalue weighted by molar-refractivity contribution is 8.24. The molecular formula is C22H22N2O4S2. The number of amides is 2. The maximum Gasteiger partial charge on any atom is 0.340 e. The number of para-hydroxylation sites is 1. The lowest BCUT2D eigenvalue weighted by Gasteiger charge is -2.15. The molecule has 1 aliphatic rings. The van der Waals surface area contributed by atoms with Gasteiger partial charge < -0.3 is 10.1 Å². The van der Waals surface area contributed by atoms with Gasteiger partial charge in [0.1, 0.15) is 4.32 Å². The molecule has 1 aliphatic heterocycles. The van der Waals surface area contributed by atoms with Gasteiger partial charge in [-0.1, -0.05) is 66.4 Å². The molecule has 1 fully saturated rings. The van der Waals surface area contributed by atoms with Crippen molar-refractivity contribution in [2.24, 2.45) is 0 Å². The van der Waals surface area contributed by atoms with E-state index in [1.807, 2.05) is 30.3 Å². The molecule has 0 aliphatic carbocycles. The van der Waals surface area contributed by atoms with Gasteiger partial charge in [-0.05, 0) is 31.0 Å². The summed E-state index contributed by atoms with van der Waals surface area (Å²) in [5.41, 5.74) is 1.76. The van der Waals surface area contributed by atoms with Crippen LogP contribution in [0.2, 0.25) is 0 Å². The normalized spacial score (nSPS) is 15.9. The molecule has 2 aromatic rings. The maximum absolute atomic E-state index is 12.7. The van der Waals surface area contributed by atoms with Gasteiger partial charge in [0.25, 0.3) is 0 Å². The molecular weight excluding hydrogens is 420 g/mol. The van der Waals surface area contributed by atoms with Crippen molar-refractivity contribution in [1.29, 1.82) is 0 Å². The first-order chi connectivity index (χ1) is 14.5. The van der Waals surface area contributed by atoms with E-state index in [2.05, 4.69) is 5.32 Å². The third kappa shape index (κ3) is 5.46. The summed E-state index contributed by atoms with van der Waals surface area (Å²) in [5, 5.41) is 2.15. The molecule has 3 rings (SSSR count). The Morgan fingerprint density at radius 1 is 1.13 bits per heavy atom. The Hall–Kier alpha value is -2.71. The summed E-state index contributed by atoms with van der Waals surface area (Å²) < 4.78 is 5.51. The van der Waals surface area contributed by atoms with Crippen LogP contribution in [0, 0.1) is 0 Å². The summed E-state index contributed by atoms with van der Waals surface area (Å²) in [5.74, 6) is -1.02. The summed E-state index contributed by atoms with van der Waals surface area (Å²) in [6.45, 7) is 2.44. The van der Waals surface area contributed by atoms with E-state index in [0.717, 1.165) is 5.56 Å². The van der Waals surface area contributed by atoms with Gasteiger partial charge in [-0.25, -0.2) is 4.79 Å². The van der Waals surface area contributed by atoms with Crippen molar-refractivity contribution in [3.8, 4) is 0 Å². The topological polar surface area (TPSA) is 75.7 Å². The minimum Gasteiger partial charge on any atom is -0.462 e. The minimum atomic E-state index is -0.567. The summed E-state index contributed by atoms with van der Waals surface area (Å²) >= 11 is 6.58. The van der Waals surface area contributed by atoms with E-state index in [1.54, 1.807) is 36.1 Å². The van der Waals surface area contributed by atoms with Gasteiger partial charge >= 0.3 is 5.97 Å². The molecule has 0 spiro atoms. The third-order valence-corrected chi connectivity index (χ3v) is 6.12. The van der Waals surface area contributed by atoms with Crippen LogP contribution in [-0.4, -0.2) is 45.4 Å². The van der Waals surface area contributed by atoms with Gasteiger partial charge in [0.15, 0.2) is 0 Å².